The van der Waals surface area contributed by atoms with Gasteiger partial charge >= 0.3 is 19.8 Å². The van der Waals surface area contributed by atoms with Gasteiger partial charge in [-0.1, -0.05) is 273 Å². The number of likely N-dealkylation sites (N-methyl/N-ethyl adjacent to an activating group) is 1. The molecule has 0 bridgehead atoms. The fraction of sp³-hybridized carbons (Fsp3) is 0.794. The highest BCUT2D eigenvalue weighted by molar-refractivity contribution is 7.47. The van der Waals surface area contributed by atoms with E-state index in [1.165, 1.54) is 186 Å². The molecule has 10 heteroatoms. The van der Waals surface area contributed by atoms with Crippen LogP contribution >= 0.6 is 7.82 Å². The Morgan fingerprint density at radius 1 is 0.410 bits per heavy atom. The van der Waals surface area contributed by atoms with Crippen molar-refractivity contribution >= 4 is 19.8 Å². The molecule has 1 N–H and O–H groups in total. The maximum absolute atomic E-state index is 12.8. The molecule has 0 spiro atoms. The largest absolute Gasteiger partial charge is 0.472 e. The van der Waals surface area contributed by atoms with Crippen molar-refractivity contribution < 1.29 is 42.1 Å². The molecule has 9 nitrogen and oxygen atoms in total. The van der Waals surface area contributed by atoms with Gasteiger partial charge in [-0.05, 0) is 83.5 Å². The second kappa shape index (κ2) is 59.1. The van der Waals surface area contributed by atoms with Gasteiger partial charge in [0.25, 0.3) is 0 Å². The lowest BCUT2D eigenvalue weighted by atomic mass is 10.0. The van der Waals surface area contributed by atoms with Crippen LogP contribution < -0.4 is 0 Å². The molecule has 0 aromatic carbocycles. The van der Waals surface area contributed by atoms with E-state index in [1.807, 2.05) is 21.1 Å². The van der Waals surface area contributed by atoms with E-state index in [2.05, 4.69) is 86.8 Å². The summed E-state index contributed by atoms with van der Waals surface area (Å²) in [4.78, 5) is 35.8. The zero-order valence-corrected chi connectivity index (χ0v) is 52.5. The first-order valence-corrected chi connectivity index (χ1v) is 34.2. The third-order valence-corrected chi connectivity index (χ3v) is 15.2. The summed E-state index contributed by atoms with van der Waals surface area (Å²) in [6.07, 6.45) is 78.5. The number of ether oxygens (including phenoxy) is 2. The summed E-state index contributed by atoms with van der Waals surface area (Å²) in [6.45, 7) is 4.34. The summed E-state index contributed by atoms with van der Waals surface area (Å²) in [6, 6.07) is 0. The van der Waals surface area contributed by atoms with E-state index in [0.29, 0.717) is 17.4 Å². The Bertz CT molecular complexity index is 1550. The van der Waals surface area contributed by atoms with Crippen LogP contribution in [0, 0.1) is 0 Å². The van der Waals surface area contributed by atoms with Crippen molar-refractivity contribution in [1.29, 1.82) is 0 Å². The molecule has 0 fully saturated rings. The average molecular weight is 1120 g/mol. The van der Waals surface area contributed by atoms with Gasteiger partial charge in [0.2, 0.25) is 0 Å². The summed E-state index contributed by atoms with van der Waals surface area (Å²) >= 11 is 0. The molecule has 0 aromatic heterocycles. The second-order valence-electron chi connectivity index (χ2n) is 23.1. The number of unbranched alkanes of at least 4 members (excludes halogenated alkanes) is 34. The van der Waals surface area contributed by atoms with Crippen LogP contribution in [0.2, 0.25) is 0 Å². The Balaban J connectivity index is 4.05. The smallest absolute Gasteiger partial charge is 0.462 e. The first kappa shape index (κ1) is 75.5. The molecular weight excluding hydrogens is 990 g/mol. The number of rotatable bonds is 60. The predicted octanol–water partition coefficient (Wildman–Crippen LogP) is 20.8. The predicted molar refractivity (Wildman–Crippen MR) is 335 cm³/mol. The zero-order chi connectivity index (χ0) is 57.0. The van der Waals surface area contributed by atoms with Crippen LogP contribution in [-0.4, -0.2) is 74.9 Å². The first-order chi connectivity index (χ1) is 38.0. The Morgan fingerprint density at radius 2 is 0.731 bits per heavy atom. The summed E-state index contributed by atoms with van der Waals surface area (Å²) in [5, 5.41) is 0. The van der Waals surface area contributed by atoms with Crippen molar-refractivity contribution in [2.45, 2.75) is 302 Å². The molecule has 0 heterocycles. The third kappa shape index (κ3) is 62.6. The van der Waals surface area contributed by atoms with Crippen LogP contribution in [0.5, 0.6) is 0 Å². The van der Waals surface area contributed by atoms with E-state index in [0.717, 1.165) is 77.0 Å². The van der Waals surface area contributed by atoms with Gasteiger partial charge in [0.1, 0.15) is 19.8 Å². The van der Waals surface area contributed by atoms with Gasteiger partial charge in [-0.15, -0.1) is 0 Å². The molecule has 0 aliphatic rings. The topological polar surface area (TPSA) is 108 Å². The lowest BCUT2D eigenvalue weighted by molar-refractivity contribution is -0.870. The number of carbonyl (C=O) groups excluding carboxylic acids is 2. The van der Waals surface area contributed by atoms with Crippen LogP contribution in [0.25, 0.3) is 0 Å². The van der Waals surface area contributed by atoms with Crippen molar-refractivity contribution in [2.75, 3.05) is 47.5 Å². The number of carbonyl (C=O) groups is 2. The molecule has 0 aliphatic heterocycles. The van der Waals surface area contributed by atoms with Crippen LogP contribution in [-0.2, 0) is 32.7 Å². The van der Waals surface area contributed by atoms with Crippen molar-refractivity contribution in [3.05, 3.63) is 72.9 Å². The minimum atomic E-state index is -4.39. The maximum Gasteiger partial charge on any atom is 0.472 e. The van der Waals surface area contributed by atoms with E-state index < -0.39 is 26.5 Å². The minimum absolute atomic E-state index is 0.0296. The molecule has 2 unspecified atom stereocenters. The Hall–Kier alpha value is -2.55. The van der Waals surface area contributed by atoms with Crippen LogP contribution in [0.4, 0.5) is 0 Å². The highest BCUT2D eigenvalue weighted by atomic mass is 31.2. The Labute approximate surface area is 482 Å². The number of phosphoric ester groups is 1. The van der Waals surface area contributed by atoms with E-state index in [4.69, 9.17) is 18.5 Å². The van der Waals surface area contributed by atoms with Crippen molar-refractivity contribution in [3.63, 3.8) is 0 Å². The van der Waals surface area contributed by atoms with Crippen LogP contribution in [0.3, 0.4) is 0 Å². The molecule has 454 valence electrons. The van der Waals surface area contributed by atoms with Crippen molar-refractivity contribution in [2.24, 2.45) is 0 Å². The van der Waals surface area contributed by atoms with Gasteiger partial charge in [-0.2, -0.15) is 0 Å². The fourth-order valence-electron chi connectivity index (χ4n) is 9.22. The number of nitrogens with zero attached hydrogens (tertiary/aromatic N) is 1. The summed E-state index contributed by atoms with van der Waals surface area (Å²) in [5.74, 6) is -0.793. The summed E-state index contributed by atoms with van der Waals surface area (Å²) in [7, 11) is 1.48. The number of phosphoric acid groups is 1. The van der Waals surface area contributed by atoms with Crippen LogP contribution in [0.1, 0.15) is 296 Å². The summed E-state index contributed by atoms with van der Waals surface area (Å²) < 4.78 is 34.7. The molecule has 0 aromatic rings. The monoisotopic (exact) mass is 1110 g/mol. The SMILES string of the molecule is CC/C=C\C/C=C\C/C=C\C/C=C\CCCCCCCCCCCCC(=O)OC(COC(=O)CCCCCCCCCCCCCCCCCCCCC/C=C\C/C=C\CCCCCCC)COP(=O)(O)OCC[N+](C)(C)C. The maximum atomic E-state index is 12.8. The highest BCUT2D eigenvalue weighted by Crippen LogP contribution is 2.43. The molecule has 0 saturated carbocycles. The minimum Gasteiger partial charge on any atom is -0.462 e. The van der Waals surface area contributed by atoms with E-state index >= 15 is 0 Å². The number of hydrogen-bond donors (Lipinski definition) is 1. The molecule has 0 rings (SSSR count). The van der Waals surface area contributed by atoms with Gasteiger partial charge in [0, 0.05) is 12.8 Å². The lowest BCUT2D eigenvalue weighted by Gasteiger charge is -2.24. The molecular formula is C68H125NO8P+. The molecule has 2 atom stereocenters. The van der Waals surface area contributed by atoms with Gasteiger partial charge < -0.3 is 18.9 Å². The van der Waals surface area contributed by atoms with Gasteiger partial charge in [-0.25, -0.2) is 4.57 Å². The Morgan fingerprint density at radius 3 is 1.09 bits per heavy atom. The normalized spacial score (nSPS) is 13.7. The Kier molecular flexibility index (Phi) is 57.2. The molecule has 78 heavy (non-hydrogen) atoms. The van der Waals surface area contributed by atoms with Gasteiger partial charge in [-0.3, -0.25) is 18.6 Å². The second-order valence-corrected chi connectivity index (χ2v) is 24.6. The van der Waals surface area contributed by atoms with Crippen LogP contribution in [0.15, 0.2) is 72.9 Å². The van der Waals surface area contributed by atoms with Crippen molar-refractivity contribution in [1.82, 2.24) is 0 Å². The standard InChI is InChI=1S/C68H124NO8P/c1-6-8-10-12-14-16-18-20-22-24-26-28-30-31-32-33-34-35-36-37-39-40-42-44-46-48-50-52-54-56-58-60-67(70)74-64-66(65-76-78(72,73)75-63-62-69(3,4)5)77-68(71)61-59-57-55-53-51-49-47-45-43-41-38-29-27-25-23-21-19-17-15-13-11-9-7-2/h9,11,15,17-18,20-21,23-24,26-27,29,66H,6-8,10,12-14,16,19,22,25,28,30-65H2,1-5H3/p+1/b11-9-,17-15-,20-18-,23-21-,26-24-,29-27-. The van der Waals surface area contributed by atoms with E-state index in [1.54, 1.807) is 0 Å². The number of quaternary nitrogens is 1. The summed E-state index contributed by atoms with van der Waals surface area (Å²) in [5.41, 5.74) is 0. The first-order valence-electron chi connectivity index (χ1n) is 32.7. The number of hydrogen-bond acceptors (Lipinski definition) is 7. The quantitative estimate of drug-likeness (QED) is 0.0211. The lowest BCUT2D eigenvalue weighted by Crippen LogP contribution is -2.37. The number of esters is 2. The van der Waals surface area contributed by atoms with Crippen molar-refractivity contribution in [3.8, 4) is 0 Å². The zero-order valence-electron chi connectivity index (χ0n) is 51.6. The van der Waals surface area contributed by atoms with Gasteiger partial charge in [0.05, 0.1) is 27.7 Å². The molecule has 0 aliphatic carbocycles. The molecule has 0 radical (unpaired) electrons. The number of allylic oxidation sites excluding steroid dienone is 12. The highest BCUT2D eigenvalue weighted by Gasteiger charge is 2.27. The van der Waals surface area contributed by atoms with Gasteiger partial charge in [0.15, 0.2) is 6.10 Å². The fourth-order valence-corrected chi connectivity index (χ4v) is 9.96. The molecule has 0 saturated heterocycles. The van der Waals surface area contributed by atoms with E-state index in [9.17, 15) is 19.0 Å². The molecule has 0 amide bonds. The average Bonchev–Trinajstić information content (AvgIpc) is 3.40. The third-order valence-electron chi connectivity index (χ3n) is 14.2. The van der Waals surface area contributed by atoms with E-state index in [-0.39, 0.29) is 32.0 Å².